The summed E-state index contributed by atoms with van der Waals surface area (Å²) in [5, 5.41) is 0.990. The maximum absolute atomic E-state index is 12.8. The minimum absolute atomic E-state index is 0.0603. The summed E-state index contributed by atoms with van der Waals surface area (Å²) in [6, 6.07) is 13.3. The molecule has 144 valence electrons. The van der Waals surface area contributed by atoms with Crippen LogP contribution in [0.4, 0.5) is 4.39 Å². The van der Waals surface area contributed by atoms with E-state index in [1.165, 1.54) is 37.3 Å². The first-order valence-corrected chi connectivity index (χ1v) is 9.71. The molecule has 8 heteroatoms. The fourth-order valence-electron chi connectivity index (χ4n) is 2.02. The largest absolute Gasteiger partial charge is 0.490 e. The monoisotopic (exact) mass is 393 g/mol. The molecule has 0 aliphatic heterocycles. The van der Waals surface area contributed by atoms with Crippen molar-refractivity contribution >= 4 is 22.1 Å². The van der Waals surface area contributed by atoms with Gasteiger partial charge in [0.1, 0.15) is 30.8 Å². The molecule has 1 N–H and O–H groups in total. The molecule has 0 radical (unpaired) electrons. The Hall–Kier alpha value is -2.71. The lowest BCUT2D eigenvalue weighted by atomic mass is 10.2. The van der Waals surface area contributed by atoms with Crippen LogP contribution in [0.2, 0.25) is 0 Å². The van der Waals surface area contributed by atoms with E-state index in [1.807, 2.05) is 6.07 Å². The normalized spacial score (nSPS) is 12.7. The molecule has 0 saturated carbocycles. The van der Waals surface area contributed by atoms with Crippen molar-refractivity contribution in [1.29, 1.82) is 0 Å². The topological polar surface area (TPSA) is 81.7 Å². The highest BCUT2D eigenvalue weighted by atomic mass is 32.2. The summed E-state index contributed by atoms with van der Waals surface area (Å²) >= 11 is 0. The van der Waals surface area contributed by atoms with Crippen molar-refractivity contribution in [3.63, 3.8) is 0 Å². The third-order valence-corrected chi connectivity index (χ3v) is 4.52. The summed E-state index contributed by atoms with van der Waals surface area (Å²) in [5.41, 5.74) is 0.719. The van der Waals surface area contributed by atoms with Gasteiger partial charge >= 0.3 is 5.97 Å². The molecule has 2 rings (SSSR count). The van der Waals surface area contributed by atoms with E-state index in [0.717, 1.165) is 11.0 Å². The third kappa shape index (κ3) is 7.59. The maximum Gasteiger partial charge on any atom is 0.324 e. The van der Waals surface area contributed by atoms with E-state index in [4.69, 9.17) is 9.47 Å². The molecule has 2 aromatic carbocycles. The first-order valence-electron chi connectivity index (χ1n) is 8.16. The highest BCUT2D eigenvalue weighted by Gasteiger charge is 2.19. The van der Waals surface area contributed by atoms with Gasteiger partial charge in [-0.3, -0.25) is 4.79 Å². The third-order valence-electron chi connectivity index (χ3n) is 3.34. The summed E-state index contributed by atoms with van der Waals surface area (Å²) in [6.07, 6.45) is 1.43. The quantitative estimate of drug-likeness (QED) is 0.523. The van der Waals surface area contributed by atoms with E-state index in [0.29, 0.717) is 5.75 Å². The molecule has 0 aliphatic carbocycles. The number of halogens is 1. The molecule has 0 saturated heterocycles. The number of ether oxygens (including phenoxy) is 2. The van der Waals surface area contributed by atoms with Crippen LogP contribution in [-0.2, 0) is 19.6 Å². The van der Waals surface area contributed by atoms with Gasteiger partial charge in [0.15, 0.2) is 0 Å². The second kappa shape index (κ2) is 9.84. The van der Waals surface area contributed by atoms with Crippen LogP contribution in [0.3, 0.4) is 0 Å². The second-order valence-electron chi connectivity index (χ2n) is 5.57. The van der Waals surface area contributed by atoms with Crippen LogP contribution < -0.4 is 9.46 Å². The molecule has 2 aromatic rings. The Morgan fingerprint density at radius 3 is 2.44 bits per heavy atom. The number of hydrogen-bond donors (Lipinski definition) is 1. The highest BCUT2D eigenvalue weighted by molar-refractivity contribution is 7.92. The zero-order chi connectivity index (χ0) is 19.7. The number of carbonyl (C=O) groups is 1. The van der Waals surface area contributed by atoms with Crippen LogP contribution in [0.15, 0.2) is 60.0 Å². The molecule has 0 aromatic heterocycles. The summed E-state index contributed by atoms with van der Waals surface area (Å²) < 4.78 is 49.2. The zero-order valence-corrected chi connectivity index (χ0v) is 15.5. The Bertz CT molecular complexity index is 867. The molecule has 0 fully saturated rings. The molecular formula is C19H20FNO5S. The van der Waals surface area contributed by atoms with Gasteiger partial charge in [0, 0.05) is 5.41 Å². The molecule has 1 atom stereocenters. The van der Waals surface area contributed by atoms with Crippen molar-refractivity contribution < 1.29 is 27.1 Å². The van der Waals surface area contributed by atoms with Gasteiger partial charge in [0.2, 0.25) is 10.0 Å². The van der Waals surface area contributed by atoms with Gasteiger partial charge in [-0.2, -0.15) is 4.72 Å². The molecule has 0 unspecified atom stereocenters. The minimum atomic E-state index is -3.80. The van der Waals surface area contributed by atoms with Crippen LogP contribution in [0.5, 0.6) is 5.75 Å². The SMILES string of the molecule is C[C@H](NS(=O)(=O)/C=C/c1ccccc1)C(=O)OCCOc1ccc(F)cc1. The predicted octanol–water partition coefficient (Wildman–Crippen LogP) is 2.73. The van der Waals surface area contributed by atoms with E-state index in [9.17, 15) is 17.6 Å². The van der Waals surface area contributed by atoms with Gasteiger partial charge in [-0.15, -0.1) is 0 Å². The van der Waals surface area contributed by atoms with Crippen LogP contribution >= 0.6 is 0 Å². The smallest absolute Gasteiger partial charge is 0.324 e. The Labute approximate surface area is 157 Å². The second-order valence-corrected chi connectivity index (χ2v) is 7.17. The van der Waals surface area contributed by atoms with E-state index < -0.39 is 22.0 Å². The fraction of sp³-hybridized carbons (Fsp3) is 0.211. The standard InChI is InChI=1S/C19H20FNO5S/c1-15(21-27(23,24)14-11-16-5-3-2-4-6-16)19(22)26-13-12-25-18-9-7-17(20)8-10-18/h2-11,14-15,21H,12-13H2,1H3/b14-11+/t15-/m0/s1. The van der Waals surface area contributed by atoms with Crippen molar-refractivity contribution in [3.8, 4) is 5.75 Å². The summed E-state index contributed by atoms with van der Waals surface area (Å²) in [4.78, 5) is 11.9. The van der Waals surface area contributed by atoms with Crippen LogP contribution in [0, 0.1) is 5.82 Å². The molecule has 0 amide bonds. The Morgan fingerprint density at radius 1 is 1.11 bits per heavy atom. The van der Waals surface area contributed by atoms with E-state index in [2.05, 4.69) is 4.72 Å². The molecule has 0 bridgehead atoms. The van der Waals surface area contributed by atoms with Crippen molar-refractivity contribution in [1.82, 2.24) is 4.72 Å². The summed E-state index contributed by atoms with van der Waals surface area (Å²) in [6.45, 7) is 1.38. The Balaban J connectivity index is 1.75. The van der Waals surface area contributed by atoms with Gasteiger partial charge in [0.05, 0.1) is 0 Å². The molecular weight excluding hydrogens is 373 g/mol. The van der Waals surface area contributed by atoms with E-state index >= 15 is 0 Å². The van der Waals surface area contributed by atoms with Gasteiger partial charge in [-0.1, -0.05) is 30.3 Å². The Morgan fingerprint density at radius 2 is 1.78 bits per heavy atom. The van der Waals surface area contributed by atoms with Gasteiger partial charge < -0.3 is 9.47 Å². The number of hydrogen-bond acceptors (Lipinski definition) is 5. The lowest BCUT2D eigenvalue weighted by molar-refractivity contribution is -0.145. The number of esters is 1. The zero-order valence-electron chi connectivity index (χ0n) is 14.7. The minimum Gasteiger partial charge on any atom is -0.490 e. The van der Waals surface area contributed by atoms with Crippen molar-refractivity contribution in [2.75, 3.05) is 13.2 Å². The average molecular weight is 393 g/mol. The number of nitrogens with one attached hydrogen (secondary N) is 1. The van der Waals surface area contributed by atoms with Gasteiger partial charge in [0.25, 0.3) is 0 Å². The molecule has 0 aliphatic rings. The number of carbonyl (C=O) groups excluding carboxylic acids is 1. The number of sulfonamides is 1. The first-order chi connectivity index (χ1) is 12.9. The summed E-state index contributed by atoms with van der Waals surface area (Å²) in [5.74, 6) is -0.669. The maximum atomic E-state index is 12.8. The lowest BCUT2D eigenvalue weighted by Crippen LogP contribution is -2.39. The summed E-state index contributed by atoms with van der Waals surface area (Å²) in [7, 11) is -3.80. The predicted molar refractivity (Wildman–Crippen MR) is 99.8 cm³/mol. The van der Waals surface area contributed by atoms with Crippen molar-refractivity contribution in [2.24, 2.45) is 0 Å². The number of benzene rings is 2. The Kier molecular flexibility index (Phi) is 7.51. The van der Waals surface area contributed by atoms with Crippen LogP contribution in [0.25, 0.3) is 6.08 Å². The van der Waals surface area contributed by atoms with Crippen LogP contribution in [0.1, 0.15) is 12.5 Å². The number of rotatable bonds is 9. The van der Waals surface area contributed by atoms with E-state index in [-0.39, 0.29) is 19.0 Å². The molecule has 27 heavy (non-hydrogen) atoms. The molecule has 0 heterocycles. The average Bonchev–Trinajstić information content (AvgIpc) is 2.65. The highest BCUT2D eigenvalue weighted by Crippen LogP contribution is 2.10. The van der Waals surface area contributed by atoms with Crippen molar-refractivity contribution in [2.45, 2.75) is 13.0 Å². The fourth-order valence-corrected chi connectivity index (χ4v) is 3.03. The van der Waals surface area contributed by atoms with Crippen molar-refractivity contribution in [3.05, 3.63) is 71.4 Å². The van der Waals surface area contributed by atoms with Gasteiger partial charge in [-0.25, -0.2) is 12.8 Å². The van der Waals surface area contributed by atoms with E-state index in [1.54, 1.807) is 24.3 Å². The first kappa shape index (κ1) is 20.6. The molecule has 0 spiro atoms. The van der Waals surface area contributed by atoms with Gasteiger partial charge in [-0.05, 0) is 42.8 Å². The lowest BCUT2D eigenvalue weighted by Gasteiger charge is -2.12. The molecule has 6 nitrogen and oxygen atoms in total. The van der Waals surface area contributed by atoms with Crippen LogP contribution in [-0.4, -0.2) is 33.6 Å².